The quantitative estimate of drug-likeness (QED) is 0.814. The zero-order valence-electron chi connectivity index (χ0n) is 12.9. The van der Waals surface area contributed by atoms with Gasteiger partial charge in [0.2, 0.25) is 11.8 Å². The minimum Gasteiger partial charge on any atom is -0.342 e. The molecule has 1 heterocycles. The van der Waals surface area contributed by atoms with Gasteiger partial charge in [-0.2, -0.15) is 11.8 Å². The molecule has 1 aliphatic heterocycles. The molecule has 2 aliphatic rings. The van der Waals surface area contributed by atoms with Crippen LogP contribution in [-0.2, 0) is 9.59 Å². The molecule has 0 aromatic carbocycles. The van der Waals surface area contributed by atoms with E-state index in [9.17, 15) is 9.59 Å². The molecule has 20 heavy (non-hydrogen) atoms. The molecule has 114 valence electrons. The summed E-state index contributed by atoms with van der Waals surface area (Å²) in [6.45, 7) is 6.89. The van der Waals surface area contributed by atoms with Gasteiger partial charge in [-0.25, -0.2) is 0 Å². The maximum atomic E-state index is 12.7. The second kappa shape index (κ2) is 6.37. The largest absolute Gasteiger partial charge is 0.342 e. The highest BCUT2D eigenvalue weighted by Crippen LogP contribution is 2.35. The molecule has 2 amide bonds. The van der Waals surface area contributed by atoms with E-state index in [1.165, 1.54) is 0 Å². The second-order valence-corrected chi connectivity index (χ2v) is 7.66. The molecule has 1 N–H and O–H groups in total. The average molecular weight is 298 g/mol. The first-order valence-electron chi connectivity index (χ1n) is 7.59. The number of amides is 2. The fraction of sp³-hybridized carbons (Fsp3) is 0.867. The number of carbonyl (C=O) groups is 2. The standard InChI is InChI=1S/C15H26N2O2S/c1-9(2)13-14(18)16-12(11-5-6-11)15(19)17(13)8-7-10(3)20-4/h9-13H,5-8H2,1-4H3,(H,16,18). The van der Waals surface area contributed by atoms with Gasteiger partial charge >= 0.3 is 0 Å². The summed E-state index contributed by atoms with van der Waals surface area (Å²) in [4.78, 5) is 26.9. The highest BCUT2D eigenvalue weighted by molar-refractivity contribution is 7.99. The molecule has 1 saturated heterocycles. The average Bonchev–Trinajstić information content (AvgIpc) is 3.22. The maximum Gasteiger partial charge on any atom is 0.246 e. The Labute approximate surface area is 126 Å². The van der Waals surface area contributed by atoms with E-state index in [1.807, 2.05) is 18.7 Å². The van der Waals surface area contributed by atoms with Crippen LogP contribution in [0.5, 0.6) is 0 Å². The maximum absolute atomic E-state index is 12.7. The Hall–Kier alpha value is -0.710. The van der Waals surface area contributed by atoms with Crippen LogP contribution in [0.4, 0.5) is 0 Å². The minimum atomic E-state index is -0.299. The van der Waals surface area contributed by atoms with Gasteiger partial charge in [0.1, 0.15) is 12.1 Å². The number of piperazine rings is 1. The lowest BCUT2D eigenvalue weighted by Gasteiger charge is -2.41. The van der Waals surface area contributed by atoms with Crippen LogP contribution >= 0.6 is 11.8 Å². The summed E-state index contributed by atoms with van der Waals surface area (Å²) in [6.07, 6.45) is 5.17. The van der Waals surface area contributed by atoms with Crippen LogP contribution in [0.3, 0.4) is 0 Å². The van der Waals surface area contributed by atoms with Gasteiger partial charge in [0.25, 0.3) is 0 Å². The van der Waals surface area contributed by atoms with Gasteiger partial charge in [0, 0.05) is 11.8 Å². The first kappa shape index (κ1) is 15.7. The van der Waals surface area contributed by atoms with Crippen LogP contribution < -0.4 is 5.32 Å². The third-order valence-corrected chi connectivity index (χ3v) is 5.40. The molecule has 1 aliphatic carbocycles. The van der Waals surface area contributed by atoms with Crippen molar-refractivity contribution in [1.82, 2.24) is 10.2 Å². The van der Waals surface area contributed by atoms with E-state index in [0.29, 0.717) is 17.7 Å². The van der Waals surface area contributed by atoms with Gasteiger partial charge < -0.3 is 10.2 Å². The molecule has 0 radical (unpaired) electrons. The minimum absolute atomic E-state index is 0.0355. The molecule has 0 bridgehead atoms. The van der Waals surface area contributed by atoms with E-state index in [1.54, 1.807) is 11.8 Å². The third kappa shape index (κ3) is 3.30. The second-order valence-electron chi connectivity index (χ2n) is 6.38. The van der Waals surface area contributed by atoms with Crippen molar-refractivity contribution in [3.63, 3.8) is 0 Å². The molecule has 5 heteroatoms. The number of hydrogen-bond acceptors (Lipinski definition) is 3. The van der Waals surface area contributed by atoms with E-state index in [2.05, 4.69) is 18.5 Å². The Morgan fingerprint density at radius 2 is 1.95 bits per heavy atom. The van der Waals surface area contributed by atoms with Crippen LogP contribution in [0, 0.1) is 11.8 Å². The van der Waals surface area contributed by atoms with E-state index in [0.717, 1.165) is 19.3 Å². The molecular formula is C15H26N2O2S. The molecule has 1 saturated carbocycles. The summed E-state index contributed by atoms with van der Waals surface area (Å²) in [5.41, 5.74) is 0. The van der Waals surface area contributed by atoms with Crippen molar-refractivity contribution in [2.24, 2.45) is 11.8 Å². The molecule has 2 fully saturated rings. The van der Waals surface area contributed by atoms with Crippen LogP contribution in [0.15, 0.2) is 0 Å². The number of nitrogens with one attached hydrogen (secondary N) is 1. The zero-order valence-corrected chi connectivity index (χ0v) is 13.7. The van der Waals surface area contributed by atoms with Gasteiger partial charge in [-0.05, 0) is 37.4 Å². The fourth-order valence-corrected chi connectivity index (χ4v) is 3.20. The molecule has 0 aromatic heterocycles. The lowest BCUT2D eigenvalue weighted by atomic mass is 9.95. The summed E-state index contributed by atoms with van der Waals surface area (Å²) < 4.78 is 0. The van der Waals surface area contributed by atoms with Gasteiger partial charge in [-0.15, -0.1) is 0 Å². The van der Waals surface area contributed by atoms with Gasteiger partial charge in [0.05, 0.1) is 0 Å². The van der Waals surface area contributed by atoms with Crippen molar-refractivity contribution in [2.75, 3.05) is 12.8 Å². The Morgan fingerprint density at radius 1 is 1.30 bits per heavy atom. The lowest BCUT2D eigenvalue weighted by Crippen LogP contribution is -2.65. The number of carbonyl (C=O) groups excluding carboxylic acids is 2. The molecule has 3 atom stereocenters. The van der Waals surface area contributed by atoms with Gasteiger partial charge in [-0.1, -0.05) is 20.8 Å². The van der Waals surface area contributed by atoms with Crippen molar-refractivity contribution in [2.45, 2.75) is 57.4 Å². The van der Waals surface area contributed by atoms with Crippen molar-refractivity contribution < 1.29 is 9.59 Å². The molecule has 2 rings (SSSR count). The monoisotopic (exact) mass is 298 g/mol. The Balaban J connectivity index is 2.10. The molecule has 0 spiro atoms. The summed E-state index contributed by atoms with van der Waals surface area (Å²) in [5.74, 6) is 0.705. The number of hydrogen-bond donors (Lipinski definition) is 1. The molecule has 4 nitrogen and oxygen atoms in total. The van der Waals surface area contributed by atoms with E-state index < -0.39 is 0 Å². The van der Waals surface area contributed by atoms with Crippen LogP contribution in [0.25, 0.3) is 0 Å². The van der Waals surface area contributed by atoms with E-state index >= 15 is 0 Å². The zero-order chi connectivity index (χ0) is 14.9. The van der Waals surface area contributed by atoms with Gasteiger partial charge in [-0.3, -0.25) is 9.59 Å². The Bertz CT molecular complexity index is 382. The Kier molecular flexibility index (Phi) is 4.99. The topological polar surface area (TPSA) is 49.4 Å². The summed E-state index contributed by atoms with van der Waals surface area (Å²) in [5, 5.41) is 3.47. The summed E-state index contributed by atoms with van der Waals surface area (Å²) in [6, 6.07) is -0.561. The smallest absolute Gasteiger partial charge is 0.246 e. The van der Waals surface area contributed by atoms with E-state index in [4.69, 9.17) is 0 Å². The third-order valence-electron chi connectivity index (χ3n) is 4.36. The SMILES string of the molecule is CSC(C)CCN1C(=O)C(C2CC2)NC(=O)C1C(C)C. The predicted molar refractivity (Wildman–Crippen MR) is 82.6 cm³/mol. The van der Waals surface area contributed by atoms with Crippen LogP contribution in [-0.4, -0.2) is 46.8 Å². The molecular weight excluding hydrogens is 272 g/mol. The summed E-state index contributed by atoms with van der Waals surface area (Å²) >= 11 is 1.81. The predicted octanol–water partition coefficient (Wildman–Crippen LogP) is 1.89. The van der Waals surface area contributed by atoms with Crippen LogP contribution in [0.2, 0.25) is 0 Å². The normalized spacial score (nSPS) is 28.8. The van der Waals surface area contributed by atoms with Crippen molar-refractivity contribution in [1.29, 1.82) is 0 Å². The van der Waals surface area contributed by atoms with Crippen molar-refractivity contribution >= 4 is 23.6 Å². The number of nitrogens with zero attached hydrogens (tertiary/aromatic N) is 1. The van der Waals surface area contributed by atoms with E-state index in [-0.39, 0.29) is 29.8 Å². The number of rotatable bonds is 6. The highest BCUT2D eigenvalue weighted by Gasteiger charge is 2.47. The van der Waals surface area contributed by atoms with Crippen molar-refractivity contribution in [3.05, 3.63) is 0 Å². The molecule has 0 aromatic rings. The summed E-state index contributed by atoms with van der Waals surface area (Å²) in [7, 11) is 0. The van der Waals surface area contributed by atoms with Crippen LogP contribution in [0.1, 0.15) is 40.0 Å². The lowest BCUT2D eigenvalue weighted by molar-refractivity contribution is -0.151. The van der Waals surface area contributed by atoms with Crippen molar-refractivity contribution in [3.8, 4) is 0 Å². The highest BCUT2D eigenvalue weighted by atomic mass is 32.2. The number of thioether (sulfide) groups is 1. The fourth-order valence-electron chi connectivity index (χ4n) is 2.86. The Morgan fingerprint density at radius 3 is 2.45 bits per heavy atom. The first-order chi connectivity index (χ1) is 9.45. The first-order valence-corrected chi connectivity index (χ1v) is 8.88. The molecule has 3 unspecified atom stereocenters. The van der Waals surface area contributed by atoms with Gasteiger partial charge in [0.15, 0.2) is 0 Å².